The molecule has 5 rings (SSSR count). The summed E-state index contributed by atoms with van der Waals surface area (Å²) >= 11 is 13.4. The molecule has 1 fully saturated rings. The average Bonchev–Trinajstić information content (AvgIpc) is 3.41. The van der Waals surface area contributed by atoms with Crippen molar-refractivity contribution in [2.75, 3.05) is 12.0 Å². The number of methoxy groups -OCH3 is 1. The molecular weight excluding hydrogens is 541 g/mol. The fourth-order valence-corrected chi connectivity index (χ4v) is 5.69. The van der Waals surface area contributed by atoms with E-state index in [2.05, 4.69) is 9.97 Å². The van der Waals surface area contributed by atoms with E-state index in [0.717, 1.165) is 16.2 Å². The van der Waals surface area contributed by atoms with Crippen molar-refractivity contribution < 1.29 is 29.3 Å². The molecule has 37 heavy (non-hydrogen) atoms. The highest BCUT2D eigenvalue weighted by Crippen LogP contribution is 2.46. The number of ether oxygens (including phenoxy) is 1. The van der Waals surface area contributed by atoms with Gasteiger partial charge in [-0.1, -0.05) is 40.6 Å². The summed E-state index contributed by atoms with van der Waals surface area (Å²) in [4.78, 5) is 48.1. The van der Waals surface area contributed by atoms with Gasteiger partial charge in [0.15, 0.2) is 5.13 Å². The molecule has 1 aliphatic rings. The third-order valence-corrected chi connectivity index (χ3v) is 7.23. The zero-order chi connectivity index (χ0) is 26.4. The highest BCUT2D eigenvalue weighted by molar-refractivity contribution is 7.22. The van der Waals surface area contributed by atoms with E-state index in [1.54, 1.807) is 18.2 Å². The number of fused-ring (bicyclic) bond motifs is 1. The van der Waals surface area contributed by atoms with E-state index in [0.29, 0.717) is 15.9 Å². The van der Waals surface area contributed by atoms with E-state index in [9.17, 15) is 24.6 Å². The Balaban J connectivity index is 1.75. The second-order valence-corrected chi connectivity index (χ2v) is 9.73. The average molecular weight is 556 g/mol. The molecule has 12 heteroatoms. The molecule has 1 atom stereocenters. The Morgan fingerprint density at radius 1 is 1.11 bits per heavy atom. The molecule has 9 nitrogen and oxygen atoms in total. The lowest BCUT2D eigenvalue weighted by Crippen LogP contribution is -2.29. The van der Waals surface area contributed by atoms with Gasteiger partial charge in [-0.25, -0.2) is 9.78 Å². The van der Waals surface area contributed by atoms with Crippen molar-refractivity contribution in [1.29, 1.82) is 0 Å². The van der Waals surface area contributed by atoms with Gasteiger partial charge in [0, 0.05) is 11.2 Å². The van der Waals surface area contributed by atoms with E-state index < -0.39 is 29.5 Å². The van der Waals surface area contributed by atoms with Crippen molar-refractivity contribution in [3.8, 4) is 5.75 Å². The highest BCUT2D eigenvalue weighted by atomic mass is 35.5. The number of nitrogens with zero attached hydrogens (tertiary/aromatic N) is 3. The number of Topliss-reactive ketones (excluding diaryl/α,β-unsaturated/α-hetero) is 1. The number of rotatable bonds is 5. The van der Waals surface area contributed by atoms with Crippen molar-refractivity contribution in [3.63, 3.8) is 0 Å². The number of anilines is 1. The quantitative estimate of drug-likeness (QED) is 0.192. The first-order chi connectivity index (χ1) is 17.7. The number of carbonyl (C=O) groups excluding carboxylic acids is 2. The smallest absolute Gasteiger partial charge is 0.335 e. The molecule has 1 saturated heterocycles. The van der Waals surface area contributed by atoms with Crippen LogP contribution in [0.1, 0.15) is 27.7 Å². The molecule has 0 saturated carbocycles. The van der Waals surface area contributed by atoms with E-state index in [1.165, 1.54) is 43.6 Å². The predicted octanol–water partition coefficient (Wildman–Crippen LogP) is 5.33. The van der Waals surface area contributed by atoms with Crippen molar-refractivity contribution in [2.24, 2.45) is 0 Å². The summed E-state index contributed by atoms with van der Waals surface area (Å²) in [5, 5.41) is 21.1. The molecule has 2 aromatic carbocycles. The molecule has 0 bridgehead atoms. The summed E-state index contributed by atoms with van der Waals surface area (Å²) in [5.41, 5.74) is 0.548. The van der Waals surface area contributed by atoms with Gasteiger partial charge in [0.1, 0.15) is 17.6 Å². The minimum absolute atomic E-state index is 0.0225. The van der Waals surface area contributed by atoms with Crippen LogP contribution in [0.2, 0.25) is 10.0 Å². The standard InChI is InChI=1S/C25H15Cl2N3O6S/c1-36-22-13(9-12(26)10-14(22)27)20(31)18-19(16-4-2-3-7-28-16)30(23(33)21(18)32)25-29-15-6-5-11(24(34)35)8-17(15)37-25/h2-10,19,31H,1H3,(H,34,35)/b20-18+. The summed E-state index contributed by atoms with van der Waals surface area (Å²) < 4.78 is 5.83. The largest absolute Gasteiger partial charge is 0.507 e. The summed E-state index contributed by atoms with van der Waals surface area (Å²) in [6.07, 6.45) is 1.49. The van der Waals surface area contributed by atoms with E-state index in [4.69, 9.17) is 27.9 Å². The molecule has 1 amide bonds. The third-order valence-electron chi connectivity index (χ3n) is 5.71. The van der Waals surface area contributed by atoms with Crippen LogP contribution in [0.3, 0.4) is 0 Å². The fourth-order valence-electron chi connectivity index (χ4n) is 4.08. The van der Waals surface area contributed by atoms with Gasteiger partial charge >= 0.3 is 11.9 Å². The lowest BCUT2D eigenvalue weighted by atomic mass is 9.98. The van der Waals surface area contributed by atoms with Crippen LogP contribution in [0, 0.1) is 0 Å². The molecule has 3 heterocycles. The van der Waals surface area contributed by atoms with Gasteiger partial charge < -0.3 is 14.9 Å². The Kier molecular flexibility index (Phi) is 6.32. The molecule has 2 aromatic heterocycles. The van der Waals surface area contributed by atoms with Gasteiger partial charge in [-0.3, -0.25) is 19.5 Å². The number of hydrogen-bond acceptors (Lipinski definition) is 8. The van der Waals surface area contributed by atoms with Crippen molar-refractivity contribution in [1.82, 2.24) is 9.97 Å². The number of benzene rings is 2. The maximum absolute atomic E-state index is 13.4. The Morgan fingerprint density at radius 2 is 1.89 bits per heavy atom. The number of ketones is 1. The lowest BCUT2D eigenvalue weighted by molar-refractivity contribution is -0.132. The van der Waals surface area contributed by atoms with Gasteiger partial charge in [0.25, 0.3) is 5.78 Å². The third kappa shape index (κ3) is 4.18. The van der Waals surface area contributed by atoms with Crippen molar-refractivity contribution >= 4 is 73.3 Å². The predicted molar refractivity (Wildman–Crippen MR) is 139 cm³/mol. The highest BCUT2D eigenvalue weighted by Gasteiger charge is 2.49. The molecular formula is C25H15Cl2N3O6S. The summed E-state index contributed by atoms with van der Waals surface area (Å²) in [6.45, 7) is 0. The first-order valence-electron chi connectivity index (χ1n) is 10.6. The van der Waals surface area contributed by atoms with E-state index in [-0.39, 0.29) is 37.6 Å². The Labute approximate surface area is 223 Å². The zero-order valence-electron chi connectivity index (χ0n) is 18.8. The Bertz CT molecular complexity index is 1640. The number of aliphatic hydroxyl groups excluding tert-OH is 1. The second-order valence-electron chi connectivity index (χ2n) is 7.88. The number of aromatic carboxylic acids is 1. The Morgan fingerprint density at radius 3 is 2.57 bits per heavy atom. The lowest BCUT2D eigenvalue weighted by Gasteiger charge is -2.22. The number of amides is 1. The van der Waals surface area contributed by atoms with Crippen LogP contribution < -0.4 is 9.64 Å². The number of aliphatic hydroxyl groups is 1. The zero-order valence-corrected chi connectivity index (χ0v) is 21.1. The number of carboxylic acid groups (broad SMARTS) is 1. The minimum atomic E-state index is -1.15. The van der Waals surface area contributed by atoms with Gasteiger partial charge in [-0.05, 0) is 42.5 Å². The van der Waals surface area contributed by atoms with Crippen LogP contribution in [-0.2, 0) is 9.59 Å². The topological polar surface area (TPSA) is 130 Å². The van der Waals surface area contributed by atoms with E-state index >= 15 is 0 Å². The molecule has 0 spiro atoms. The Hall–Kier alpha value is -3.99. The van der Waals surface area contributed by atoms with Crippen LogP contribution in [0.15, 0.2) is 60.3 Å². The number of aromatic nitrogens is 2. The van der Waals surface area contributed by atoms with Crippen molar-refractivity contribution in [2.45, 2.75) is 6.04 Å². The summed E-state index contributed by atoms with van der Waals surface area (Å²) in [7, 11) is 1.34. The molecule has 4 aromatic rings. The van der Waals surface area contributed by atoms with Crippen LogP contribution >= 0.6 is 34.5 Å². The van der Waals surface area contributed by atoms with Crippen LogP contribution in [0.4, 0.5) is 5.13 Å². The molecule has 186 valence electrons. The molecule has 0 aliphatic carbocycles. The first-order valence-corrected chi connectivity index (χ1v) is 12.2. The van der Waals surface area contributed by atoms with Crippen molar-refractivity contribution in [3.05, 3.63) is 87.2 Å². The maximum Gasteiger partial charge on any atom is 0.335 e. The number of carbonyl (C=O) groups is 3. The number of halogens is 2. The first kappa shape index (κ1) is 24.7. The van der Waals surface area contributed by atoms with Crippen LogP contribution in [0.5, 0.6) is 5.75 Å². The monoisotopic (exact) mass is 555 g/mol. The number of thiazole rings is 1. The summed E-state index contributed by atoms with van der Waals surface area (Å²) in [6, 6.07) is 10.9. The number of pyridine rings is 1. The molecule has 0 radical (unpaired) electrons. The normalized spacial score (nSPS) is 16.9. The number of carboxylic acids is 1. The van der Waals surface area contributed by atoms with Gasteiger partial charge in [-0.2, -0.15) is 0 Å². The van der Waals surface area contributed by atoms with Crippen LogP contribution in [-0.4, -0.2) is 45.0 Å². The molecule has 1 unspecified atom stereocenters. The molecule has 1 aliphatic heterocycles. The van der Waals surface area contributed by atoms with Gasteiger partial charge in [-0.15, -0.1) is 0 Å². The molecule has 2 N–H and O–H groups in total. The maximum atomic E-state index is 13.4. The minimum Gasteiger partial charge on any atom is -0.507 e. The number of hydrogen-bond donors (Lipinski definition) is 2. The van der Waals surface area contributed by atoms with Gasteiger partial charge in [0.05, 0.1) is 44.7 Å². The SMILES string of the molecule is COc1c(Cl)cc(Cl)cc1/C(O)=C1\C(=O)C(=O)N(c2nc3ccc(C(=O)O)cc3s2)C1c1ccccn1. The summed E-state index contributed by atoms with van der Waals surface area (Å²) in [5.74, 6) is -3.51. The van der Waals surface area contributed by atoms with Crippen LogP contribution in [0.25, 0.3) is 16.0 Å². The fraction of sp³-hybridized carbons (Fsp3) is 0.0800. The second kappa shape index (κ2) is 9.47. The van der Waals surface area contributed by atoms with Gasteiger partial charge in [0.2, 0.25) is 0 Å². The van der Waals surface area contributed by atoms with E-state index in [1.807, 2.05) is 0 Å².